The number of carbonyl (C=O) groups is 2. The molecule has 6 nitrogen and oxygen atoms in total. The highest BCUT2D eigenvalue weighted by Crippen LogP contribution is 2.20. The van der Waals surface area contributed by atoms with E-state index in [0.29, 0.717) is 16.9 Å². The first-order valence-corrected chi connectivity index (χ1v) is 8.47. The number of nitriles is 1. The van der Waals surface area contributed by atoms with Crippen LogP contribution in [0, 0.1) is 11.3 Å². The van der Waals surface area contributed by atoms with E-state index in [2.05, 4.69) is 4.98 Å². The number of benzene rings is 2. The Labute approximate surface area is 156 Å². The molecule has 0 aliphatic heterocycles. The fourth-order valence-corrected chi connectivity index (χ4v) is 2.68. The monoisotopic (exact) mass is 362 g/mol. The second-order valence-corrected chi connectivity index (χ2v) is 6.09. The van der Waals surface area contributed by atoms with E-state index < -0.39 is 18.2 Å². The lowest BCUT2D eigenvalue weighted by molar-refractivity contribution is -0.153. The number of rotatable bonds is 6. The van der Waals surface area contributed by atoms with Gasteiger partial charge in [-0.1, -0.05) is 18.2 Å². The molecule has 0 bridgehead atoms. The van der Waals surface area contributed by atoms with Gasteiger partial charge in [0, 0.05) is 22.7 Å². The average molecular weight is 362 g/mol. The lowest BCUT2D eigenvalue weighted by atomic mass is 10.1. The zero-order valence-corrected chi connectivity index (χ0v) is 14.9. The van der Waals surface area contributed by atoms with E-state index in [0.717, 1.165) is 10.9 Å². The number of aromatic amines is 1. The summed E-state index contributed by atoms with van der Waals surface area (Å²) in [6, 6.07) is 15.8. The number of fused-ring (bicyclic) bond motifs is 1. The van der Waals surface area contributed by atoms with Crippen LogP contribution in [0.1, 0.15) is 29.8 Å². The molecule has 0 saturated heterocycles. The number of Topliss-reactive ketones (excluding diaryl/α,β-unsaturated/α-hetero) is 1. The third-order valence-electron chi connectivity index (χ3n) is 4.15. The summed E-state index contributed by atoms with van der Waals surface area (Å²) in [5.41, 5.74) is 1.82. The Balaban J connectivity index is 1.63. The molecule has 0 saturated carbocycles. The first-order valence-electron chi connectivity index (χ1n) is 8.47. The van der Waals surface area contributed by atoms with Crippen LogP contribution < -0.4 is 4.74 Å². The summed E-state index contributed by atoms with van der Waals surface area (Å²) in [5.74, 6) is -0.486. The van der Waals surface area contributed by atoms with Gasteiger partial charge in [0.15, 0.2) is 12.2 Å². The molecule has 0 aliphatic rings. The topological polar surface area (TPSA) is 92.2 Å². The summed E-state index contributed by atoms with van der Waals surface area (Å²) in [4.78, 5) is 27.9. The van der Waals surface area contributed by atoms with Gasteiger partial charge in [0.25, 0.3) is 0 Å². The second kappa shape index (κ2) is 7.75. The number of carbonyl (C=O) groups excluding carboxylic acids is 2. The molecule has 0 unspecified atom stereocenters. The Morgan fingerprint density at radius 2 is 1.74 bits per heavy atom. The van der Waals surface area contributed by atoms with Gasteiger partial charge in [-0.05, 0) is 44.2 Å². The number of H-pyrrole nitrogens is 1. The fraction of sp³-hybridized carbons (Fsp3) is 0.190. The molecule has 27 heavy (non-hydrogen) atoms. The van der Waals surface area contributed by atoms with Crippen LogP contribution in [0.5, 0.6) is 5.75 Å². The van der Waals surface area contributed by atoms with Crippen LogP contribution in [0.15, 0.2) is 54.7 Å². The van der Waals surface area contributed by atoms with E-state index in [1.54, 1.807) is 37.4 Å². The standard InChI is InChI=1S/C21H18N2O4/c1-13(20(24)18-12-23-19-6-4-3-5-17(18)19)27-21(25)14(2)26-16-9-7-15(11-22)8-10-16/h3-10,12-14,23H,1-2H3/t13-,14+/m0/s1. The van der Waals surface area contributed by atoms with E-state index >= 15 is 0 Å². The van der Waals surface area contributed by atoms with Crippen LogP contribution in [0.4, 0.5) is 0 Å². The maximum Gasteiger partial charge on any atom is 0.347 e. The third kappa shape index (κ3) is 3.98. The van der Waals surface area contributed by atoms with Crippen molar-refractivity contribution in [3.05, 3.63) is 65.9 Å². The van der Waals surface area contributed by atoms with Crippen molar-refractivity contribution in [1.29, 1.82) is 5.26 Å². The predicted molar refractivity (Wildman–Crippen MR) is 99.4 cm³/mol. The molecule has 0 spiro atoms. The molecular weight excluding hydrogens is 344 g/mol. The normalized spacial score (nSPS) is 12.8. The van der Waals surface area contributed by atoms with Gasteiger partial charge in [-0.3, -0.25) is 4.79 Å². The van der Waals surface area contributed by atoms with Crippen LogP contribution in [0.25, 0.3) is 10.9 Å². The van der Waals surface area contributed by atoms with Gasteiger partial charge in [0.05, 0.1) is 11.6 Å². The summed E-state index contributed by atoms with van der Waals surface area (Å²) < 4.78 is 10.8. The lowest BCUT2D eigenvalue weighted by Gasteiger charge is -2.17. The second-order valence-electron chi connectivity index (χ2n) is 6.09. The zero-order valence-electron chi connectivity index (χ0n) is 14.9. The summed E-state index contributed by atoms with van der Waals surface area (Å²) in [5, 5.41) is 9.58. The van der Waals surface area contributed by atoms with E-state index in [-0.39, 0.29) is 5.78 Å². The maximum absolute atomic E-state index is 12.6. The molecule has 2 atom stereocenters. The molecule has 1 N–H and O–H groups in total. The average Bonchev–Trinajstić information content (AvgIpc) is 3.12. The van der Waals surface area contributed by atoms with Crippen molar-refractivity contribution >= 4 is 22.7 Å². The number of ketones is 1. The Morgan fingerprint density at radius 3 is 2.44 bits per heavy atom. The number of ether oxygens (including phenoxy) is 2. The summed E-state index contributed by atoms with van der Waals surface area (Å²) >= 11 is 0. The molecule has 3 aromatic rings. The number of hydrogen-bond donors (Lipinski definition) is 1. The first kappa shape index (κ1) is 18.2. The Hall–Kier alpha value is -3.59. The minimum atomic E-state index is -0.941. The van der Waals surface area contributed by atoms with Crippen molar-refractivity contribution in [2.24, 2.45) is 0 Å². The number of nitrogens with one attached hydrogen (secondary N) is 1. The number of hydrogen-bond acceptors (Lipinski definition) is 5. The summed E-state index contributed by atoms with van der Waals surface area (Å²) in [6.07, 6.45) is -0.214. The molecule has 3 rings (SSSR count). The molecule has 6 heteroatoms. The number of esters is 1. The van der Waals surface area contributed by atoms with Crippen molar-refractivity contribution in [3.63, 3.8) is 0 Å². The SMILES string of the molecule is C[C@H](OC(=O)[C@@H](C)Oc1ccc(C#N)cc1)C(=O)c1c[nH]c2ccccc12. The van der Waals surface area contributed by atoms with Crippen molar-refractivity contribution in [3.8, 4) is 11.8 Å². The summed E-state index contributed by atoms with van der Waals surface area (Å²) in [7, 11) is 0. The molecule has 2 aromatic carbocycles. The van der Waals surface area contributed by atoms with E-state index in [1.807, 2.05) is 30.3 Å². The first-order chi connectivity index (χ1) is 13.0. The van der Waals surface area contributed by atoms with Gasteiger partial charge in [-0.25, -0.2) is 4.79 Å². The minimum Gasteiger partial charge on any atom is -0.479 e. The van der Waals surface area contributed by atoms with Gasteiger partial charge in [-0.2, -0.15) is 5.26 Å². The largest absolute Gasteiger partial charge is 0.479 e. The van der Waals surface area contributed by atoms with Gasteiger partial charge in [0.2, 0.25) is 5.78 Å². The maximum atomic E-state index is 12.6. The molecule has 0 aliphatic carbocycles. The van der Waals surface area contributed by atoms with Gasteiger partial charge in [-0.15, -0.1) is 0 Å². The highest BCUT2D eigenvalue weighted by Gasteiger charge is 2.25. The predicted octanol–water partition coefficient (Wildman–Crippen LogP) is 3.62. The highest BCUT2D eigenvalue weighted by atomic mass is 16.6. The molecule has 0 amide bonds. The molecule has 0 fully saturated rings. The van der Waals surface area contributed by atoms with E-state index in [1.165, 1.54) is 6.92 Å². The zero-order chi connectivity index (χ0) is 19.4. The smallest absolute Gasteiger partial charge is 0.347 e. The van der Waals surface area contributed by atoms with Gasteiger partial charge < -0.3 is 14.5 Å². The molecule has 136 valence electrons. The quantitative estimate of drug-likeness (QED) is 0.534. The van der Waals surface area contributed by atoms with Crippen LogP contribution in [-0.2, 0) is 9.53 Å². The van der Waals surface area contributed by atoms with Gasteiger partial charge in [0.1, 0.15) is 5.75 Å². The minimum absolute atomic E-state index is 0.286. The van der Waals surface area contributed by atoms with Crippen molar-refractivity contribution in [1.82, 2.24) is 4.98 Å². The summed E-state index contributed by atoms with van der Waals surface area (Å²) in [6.45, 7) is 3.08. The number of aromatic nitrogens is 1. The van der Waals surface area contributed by atoms with Crippen molar-refractivity contribution in [2.45, 2.75) is 26.1 Å². The molecule has 0 radical (unpaired) electrons. The fourth-order valence-electron chi connectivity index (χ4n) is 2.68. The number of para-hydroxylation sites is 1. The molecular formula is C21H18N2O4. The third-order valence-corrected chi connectivity index (χ3v) is 4.15. The lowest BCUT2D eigenvalue weighted by Crippen LogP contribution is -2.32. The Kier molecular flexibility index (Phi) is 5.23. The molecule has 1 aromatic heterocycles. The number of nitrogens with zero attached hydrogens (tertiary/aromatic N) is 1. The molecule has 1 heterocycles. The van der Waals surface area contributed by atoms with Crippen LogP contribution in [0.2, 0.25) is 0 Å². The Bertz CT molecular complexity index is 1010. The highest BCUT2D eigenvalue weighted by molar-refractivity contribution is 6.10. The van der Waals surface area contributed by atoms with Crippen molar-refractivity contribution < 1.29 is 19.1 Å². The van der Waals surface area contributed by atoms with Crippen molar-refractivity contribution in [2.75, 3.05) is 0 Å². The van der Waals surface area contributed by atoms with Crippen LogP contribution >= 0.6 is 0 Å². The van der Waals surface area contributed by atoms with Crippen LogP contribution in [-0.4, -0.2) is 28.9 Å². The van der Waals surface area contributed by atoms with E-state index in [4.69, 9.17) is 14.7 Å². The Morgan fingerprint density at radius 1 is 1.04 bits per heavy atom. The van der Waals surface area contributed by atoms with E-state index in [9.17, 15) is 9.59 Å². The van der Waals surface area contributed by atoms with Crippen LogP contribution in [0.3, 0.4) is 0 Å². The van der Waals surface area contributed by atoms with Gasteiger partial charge >= 0.3 is 5.97 Å².